The molecule has 2 aromatic rings. The van der Waals surface area contributed by atoms with E-state index in [0.717, 1.165) is 34.9 Å². The fourth-order valence-corrected chi connectivity index (χ4v) is 3.61. The molecule has 0 saturated heterocycles. The highest BCUT2D eigenvalue weighted by Crippen LogP contribution is 2.23. The van der Waals surface area contributed by atoms with Crippen molar-refractivity contribution in [2.24, 2.45) is 7.05 Å². The molecule has 2 heterocycles. The van der Waals surface area contributed by atoms with Crippen LogP contribution in [0.4, 0.5) is 0 Å². The molecular formula is C18H28N4OS. The first kappa shape index (κ1) is 18.6. The van der Waals surface area contributed by atoms with Gasteiger partial charge in [0.2, 0.25) is 5.91 Å². The molecule has 1 amide bonds. The zero-order valence-corrected chi connectivity index (χ0v) is 16.4. The number of nitrogens with one attached hydrogen (secondary N) is 1. The molecule has 0 spiro atoms. The number of aryl methyl sites for hydroxylation is 2. The van der Waals surface area contributed by atoms with Gasteiger partial charge in [0.25, 0.3) is 0 Å². The van der Waals surface area contributed by atoms with Crippen LogP contribution in [0.2, 0.25) is 0 Å². The number of hydrogen-bond donors (Lipinski definition) is 1. The predicted molar refractivity (Wildman–Crippen MR) is 98.5 cm³/mol. The Bertz CT molecular complexity index is 709. The Hall–Kier alpha value is -1.69. The lowest BCUT2D eigenvalue weighted by Gasteiger charge is -2.14. The van der Waals surface area contributed by atoms with Crippen molar-refractivity contribution in [3.8, 4) is 0 Å². The minimum atomic E-state index is 0.0808. The third kappa shape index (κ3) is 4.66. The molecule has 0 fully saturated rings. The van der Waals surface area contributed by atoms with E-state index in [9.17, 15) is 4.79 Å². The molecule has 0 aliphatic rings. The van der Waals surface area contributed by atoms with Crippen LogP contribution in [0.5, 0.6) is 0 Å². The van der Waals surface area contributed by atoms with E-state index in [1.165, 1.54) is 5.56 Å². The highest BCUT2D eigenvalue weighted by atomic mass is 32.1. The second-order valence-corrected chi connectivity index (χ2v) is 8.19. The molecule has 0 aliphatic heterocycles. The van der Waals surface area contributed by atoms with Crippen LogP contribution in [0.3, 0.4) is 0 Å². The van der Waals surface area contributed by atoms with Crippen molar-refractivity contribution in [2.45, 2.75) is 59.3 Å². The molecule has 2 aromatic heterocycles. The summed E-state index contributed by atoms with van der Waals surface area (Å²) in [7, 11) is 1.94. The molecule has 132 valence electrons. The van der Waals surface area contributed by atoms with Gasteiger partial charge in [-0.15, -0.1) is 11.3 Å². The zero-order valence-electron chi connectivity index (χ0n) is 15.6. The summed E-state index contributed by atoms with van der Waals surface area (Å²) in [4.78, 5) is 16.7. The van der Waals surface area contributed by atoms with Crippen molar-refractivity contribution in [3.05, 3.63) is 33.0 Å². The van der Waals surface area contributed by atoms with E-state index >= 15 is 0 Å². The van der Waals surface area contributed by atoms with Gasteiger partial charge < -0.3 is 5.32 Å². The molecule has 5 nitrogen and oxygen atoms in total. The van der Waals surface area contributed by atoms with Gasteiger partial charge >= 0.3 is 0 Å². The first-order valence-electron chi connectivity index (χ1n) is 8.39. The van der Waals surface area contributed by atoms with Gasteiger partial charge in [0.15, 0.2) is 0 Å². The lowest BCUT2D eigenvalue weighted by Crippen LogP contribution is -2.26. The van der Waals surface area contributed by atoms with Gasteiger partial charge in [0.1, 0.15) is 0 Å². The third-order valence-corrected chi connectivity index (χ3v) is 5.15. The van der Waals surface area contributed by atoms with Crippen LogP contribution in [-0.2, 0) is 30.1 Å². The molecule has 1 N–H and O–H groups in total. The number of thiazole rings is 1. The van der Waals surface area contributed by atoms with E-state index in [0.29, 0.717) is 13.0 Å². The molecule has 0 radical (unpaired) electrons. The number of carbonyl (C=O) groups excluding carboxylic acids is 1. The zero-order chi connectivity index (χ0) is 17.9. The topological polar surface area (TPSA) is 59.8 Å². The van der Waals surface area contributed by atoms with Crippen LogP contribution in [0, 0.1) is 13.8 Å². The SMILES string of the molecule is Cc1nn(C)c(C)c1CCC(=O)NCCc1nc(C(C)(C)C)cs1. The predicted octanol–water partition coefficient (Wildman–Crippen LogP) is 3.08. The van der Waals surface area contributed by atoms with Crippen LogP contribution in [0.15, 0.2) is 5.38 Å². The Morgan fingerprint density at radius 3 is 2.54 bits per heavy atom. The summed E-state index contributed by atoms with van der Waals surface area (Å²) in [6, 6.07) is 0. The number of amides is 1. The monoisotopic (exact) mass is 348 g/mol. The second-order valence-electron chi connectivity index (χ2n) is 7.25. The van der Waals surface area contributed by atoms with Crippen LogP contribution in [0.1, 0.15) is 54.8 Å². The summed E-state index contributed by atoms with van der Waals surface area (Å²) in [6.07, 6.45) is 2.03. The summed E-state index contributed by atoms with van der Waals surface area (Å²) in [6.45, 7) is 11.2. The largest absolute Gasteiger partial charge is 0.356 e. The molecule has 0 aromatic carbocycles. The van der Waals surface area contributed by atoms with Gasteiger partial charge in [-0.2, -0.15) is 5.10 Å². The average molecular weight is 349 g/mol. The Morgan fingerprint density at radius 1 is 1.29 bits per heavy atom. The van der Waals surface area contributed by atoms with Gasteiger partial charge in [-0.3, -0.25) is 9.48 Å². The Labute approximate surface area is 148 Å². The van der Waals surface area contributed by atoms with E-state index in [4.69, 9.17) is 0 Å². The number of nitrogens with zero attached hydrogens (tertiary/aromatic N) is 3. The fourth-order valence-electron chi connectivity index (χ4n) is 2.59. The average Bonchev–Trinajstić information content (AvgIpc) is 3.04. The molecule has 0 atom stereocenters. The highest BCUT2D eigenvalue weighted by Gasteiger charge is 2.17. The Balaban J connectivity index is 1.76. The number of carbonyl (C=O) groups is 1. The van der Waals surface area contributed by atoms with Crippen LogP contribution >= 0.6 is 11.3 Å². The van der Waals surface area contributed by atoms with Crippen molar-refractivity contribution in [3.63, 3.8) is 0 Å². The molecule has 0 saturated carbocycles. The summed E-state index contributed by atoms with van der Waals surface area (Å²) < 4.78 is 1.87. The van der Waals surface area contributed by atoms with E-state index in [1.54, 1.807) is 11.3 Å². The highest BCUT2D eigenvalue weighted by molar-refractivity contribution is 7.09. The van der Waals surface area contributed by atoms with Gasteiger partial charge in [0, 0.05) is 42.9 Å². The molecule has 24 heavy (non-hydrogen) atoms. The standard InChI is InChI=1S/C18H28N4OS/c1-12-14(13(2)22(6)21-12)7-8-16(23)19-10-9-17-20-15(11-24-17)18(3,4)5/h11H,7-10H2,1-6H3,(H,19,23). The van der Waals surface area contributed by atoms with E-state index in [-0.39, 0.29) is 11.3 Å². The van der Waals surface area contributed by atoms with Crippen molar-refractivity contribution >= 4 is 17.2 Å². The molecule has 0 aliphatic carbocycles. The molecular weight excluding hydrogens is 320 g/mol. The Kier molecular flexibility index (Phi) is 5.80. The second kappa shape index (κ2) is 7.47. The van der Waals surface area contributed by atoms with E-state index in [2.05, 4.69) is 41.6 Å². The minimum absolute atomic E-state index is 0.0808. The maximum absolute atomic E-state index is 12.0. The van der Waals surface area contributed by atoms with Gasteiger partial charge in [-0.25, -0.2) is 4.98 Å². The summed E-state index contributed by atoms with van der Waals surface area (Å²) in [5.74, 6) is 0.0882. The van der Waals surface area contributed by atoms with Crippen molar-refractivity contribution < 1.29 is 4.79 Å². The lowest BCUT2D eigenvalue weighted by atomic mass is 9.93. The number of hydrogen-bond acceptors (Lipinski definition) is 4. The minimum Gasteiger partial charge on any atom is -0.356 e. The van der Waals surface area contributed by atoms with Crippen molar-refractivity contribution in [1.29, 1.82) is 0 Å². The van der Waals surface area contributed by atoms with Gasteiger partial charge in [-0.05, 0) is 25.8 Å². The van der Waals surface area contributed by atoms with E-state index < -0.39 is 0 Å². The summed E-state index contributed by atoms with van der Waals surface area (Å²) >= 11 is 1.67. The van der Waals surface area contributed by atoms with E-state index in [1.807, 2.05) is 25.6 Å². The number of aromatic nitrogens is 3. The number of rotatable bonds is 6. The lowest BCUT2D eigenvalue weighted by molar-refractivity contribution is -0.121. The first-order valence-corrected chi connectivity index (χ1v) is 9.27. The van der Waals surface area contributed by atoms with Gasteiger partial charge in [0.05, 0.1) is 16.4 Å². The smallest absolute Gasteiger partial charge is 0.220 e. The molecule has 0 bridgehead atoms. The van der Waals surface area contributed by atoms with Crippen molar-refractivity contribution in [1.82, 2.24) is 20.1 Å². The quantitative estimate of drug-likeness (QED) is 0.873. The van der Waals surface area contributed by atoms with Crippen LogP contribution in [-0.4, -0.2) is 27.2 Å². The normalized spacial score (nSPS) is 11.8. The van der Waals surface area contributed by atoms with Crippen molar-refractivity contribution in [2.75, 3.05) is 6.54 Å². The Morgan fingerprint density at radius 2 is 2.00 bits per heavy atom. The molecule has 2 rings (SSSR count). The van der Waals surface area contributed by atoms with Gasteiger partial charge in [-0.1, -0.05) is 20.8 Å². The maximum atomic E-state index is 12.0. The fraction of sp³-hybridized carbons (Fsp3) is 0.611. The molecule has 0 unspecified atom stereocenters. The summed E-state index contributed by atoms with van der Waals surface area (Å²) in [5.41, 5.74) is 4.54. The maximum Gasteiger partial charge on any atom is 0.220 e. The van der Waals surface area contributed by atoms with Crippen LogP contribution < -0.4 is 5.32 Å². The summed E-state index contributed by atoms with van der Waals surface area (Å²) in [5, 5.41) is 10.6. The van der Waals surface area contributed by atoms with Crippen LogP contribution in [0.25, 0.3) is 0 Å². The third-order valence-electron chi connectivity index (χ3n) is 4.24. The molecule has 6 heteroatoms. The first-order chi connectivity index (χ1) is 11.2.